The minimum Gasteiger partial charge on any atom is -0.348 e. The third-order valence-corrected chi connectivity index (χ3v) is 7.33. The fraction of sp³-hybridized carbons (Fsp3) is 0.129. The molecule has 0 saturated carbocycles. The zero-order valence-corrected chi connectivity index (χ0v) is 22.3. The molecule has 9 heteroatoms. The number of nitrogens with one attached hydrogen (secondary N) is 1. The molecule has 4 heterocycles. The number of ketones is 1. The van der Waals surface area contributed by atoms with Crippen molar-refractivity contribution in [3.8, 4) is 0 Å². The van der Waals surface area contributed by atoms with Crippen LogP contribution in [0.4, 0.5) is 5.69 Å². The summed E-state index contributed by atoms with van der Waals surface area (Å²) in [5.41, 5.74) is 4.75. The SMILES string of the molecule is Cn1cc(C(=O)c2ccc(CN3C(=O)c4ccc(Cl)cc4NC(=O)[C@H]3Cc3ccccn3)cc2)c2ncccc21. The lowest BCUT2D eigenvalue weighted by Gasteiger charge is -2.28. The summed E-state index contributed by atoms with van der Waals surface area (Å²) in [6, 6.07) is 20.3. The van der Waals surface area contributed by atoms with Crippen LogP contribution in [0.3, 0.4) is 0 Å². The van der Waals surface area contributed by atoms with Crippen molar-refractivity contribution in [2.45, 2.75) is 19.0 Å². The van der Waals surface area contributed by atoms with Gasteiger partial charge in [-0.15, -0.1) is 0 Å². The van der Waals surface area contributed by atoms with Crippen LogP contribution >= 0.6 is 11.6 Å². The van der Waals surface area contributed by atoms with Crippen molar-refractivity contribution in [1.82, 2.24) is 19.4 Å². The number of carbonyl (C=O) groups is 3. The summed E-state index contributed by atoms with van der Waals surface area (Å²) in [7, 11) is 1.88. The largest absolute Gasteiger partial charge is 0.348 e. The summed E-state index contributed by atoms with van der Waals surface area (Å²) in [6.45, 7) is 0.163. The van der Waals surface area contributed by atoms with Crippen LogP contribution in [0, 0.1) is 0 Å². The van der Waals surface area contributed by atoms with Crippen molar-refractivity contribution in [1.29, 1.82) is 0 Å². The number of rotatable bonds is 6. The molecule has 8 nitrogen and oxygen atoms in total. The van der Waals surface area contributed by atoms with Crippen LogP contribution in [0.15, 0.2) is 91.4 Å². The molecule has 1 aliphatic rings. The number of amides is 2. The van der Waals surface area contributed by atoms with Gasteiger partial charge in [0.25, 0.3) is 5.91 Å². The quantitative estimate of drug-likeness (QED) is 0.299. The molecule has 6 rings (SSSR count). The van der Waals surface area contributed by atoms with E-state index in [1.54, 1.807) is 59.9 Å². The molecule has 5 aromatic rings. The van der Waals surface area contributed by atoms with E-state index in [9.17, 15) is 14.4 Å². The third-order valence-electron chi connectivity index (χ3n) is 7.10. The number of aromatic nitrogens is 3. The highest BCUT2D eigenvalue weighted by molar-refractivity contribution is 6.31. The summed E-state index contributed by atoms with van der Waals surface area (Å²) >= 11 is 6.16. The topological polar surface area (TPSA) is 97.2 Å². The van der Waals surface area contributed by atoms with Crippen LogP contribution < -0.4 is 5.32 Å². The molecule has 3 aromatic heterocycles. The lowest BCUT2D eigenvalue weighted by molar-refractivity contribution is -0.120. The predicted octanol–water partition coefficient (Wildman–Crippen LogP) is 5.06. The Morgan fingerprint density at radius 1 is 0.975 bits per heavy atom. The highest BCUT2D eigenvalue weighted by Crippen LogP contribution is 2.29. The van der Waals surface area contributed by atoms with Crippen molar-refractivity contribution in [2.24, 2.45) is 7.05 Å². The van der Waals surface area contributed by atoms with Crippen LogP contribution in [-0.2, 0) is 24.8 Å². The number of nitrogens with zero attached hydrogens (tertiary/aromatic N) is 4. The van der Waals surface area contributed by atoms with Crippen LogP contribution in [0.25, 0.3) is 11.0 Å². The van der Waals surface area contributed by atoms with Crippen LogP contribution in [0.1, 0.15) is 37.5 Å². The molecule has 0 radical (unpaired) electrons. The van der Waals surface area contributed by atoms with Gasteiger partial charge in [0, 0.05) is 54.9 Å². The Morgan fingerprint density at radius 2 is 1.77 bits per heavy atom. The Hall–Kier alpha value is -4.82. The van der Waals surface area contributed by atoms with Gasteiger partial charge in [0.15, 0.2) is 5.78 Å². The molecule has 198 valence electrons. The monoisotopic (exact) mass is 549 g/mol. The summed E-state index contributed by atoms with van der Waals surface area (Å²) in [5.74, 6) is -0.761. The number of aryl methyl sites for hydroxylation is 1. The van der Waals surface area contributed by atoms with Crippen molar-refractivity contribution in [3.05, 3.63) is 124 Å². The maximum atomic E-state index is 13.8. The van der Waals surface area contributed by atoms with Gasteiger partial charge < -0.3 is 14.8 Å². The van der Waals surface area contributed by atoms with Gasteiger partial charge in [-0.2, -0.15) is 0 Å². The fourth-order valence-corrected chi connectivity index (χ4v) is 5.23. The Labute approximate surface area is 235 Å². The number of halogens is 1. The van der Waals surface area contributed by atoms with Gasteiger partial charge in [0.05, 0.1) is 27.8 Å². The van der Waals surface area contributed by atoms with Crippen LogP contribution in [0.2, 0.25) is 5.02 Å². The number of benzene rings is 2. The molecule has 0 unspecified atom stereocenters. The Bertz CT molecular complexity index is 1770. The van der Waals surface area contributed by atoms with Gasteiger partial charge >= 0.3 is 0 Å². The van der Waals surface area contributed by atoms with Crippen molar-refractivity contribution in [3.63, 3.8) is 0 Å². The maximum absolute atomic E-state index is 13.8. The first kappa shape index (κ1) is 25.5. The van der Waals surface area contributed by atoms with E-state index in [2.05, 4.69) is 15.3 Å². The Kier molecular flexibility index (Phi) is 6.61. The summed E-state index contributed by atoms with van der Waals surface area (Å²) in [6.07, 6.45) is 5.36. The zero-order chi connectivity index (χ0) is 27.8. The highest BCUT2D eigenvalue weighted by atomic mass is 35.5. The van der Waals surface area contributed by atoms with E-state index in [4.69, 9.17) is 11.6 Å². The van der Waals surface area contributed by atoms with E-state index in [1.165, 1.54) is 0 Å². The standard InChI is InChI=1S/C31H24ClN5O3/c1-36-18-24(28-26(36)6-4-14-34-28)29(38)20-9-7-19(8-10-20)17-37-27(16-22-5-2-3-13-33-22)30(39)35-25-15-21(32)11-12-23(25)31(37)40/h2-15,18,27H,16-17H2,1H3,(H,35,39)/t27-/m1/s1. The number of pyridine rings is 2. The minimum atomic E-state index is -0.809. The number of anilines is 1. The van der Waals surface area contributed by atoms with Gasteiger partial charge in [0.1, 0.15) is 6.04 Å². The Balaban J connectivity index is 1.31. The van der Waals surface area contributed by atoms with Crippen LogP contribution in [0.5, 0.6) is 0 Å². The third kappa shape index (κ3) is 4.74. The fourth-order valence-electron chi connectivity index (χ4n) is 5.06. The molecule has 2 aromatic carbocycles. The first-order valence-electron chi connectivity index (χ1n) is 12.7. The second-order valence-corrected chi connectivity index (χ2v) is 10.1. The van der Waals surface area contributed by atoms with E-state index < -0.39 is 6.04 Å². The second-order valence-electron chi connectivity index (χ2n) is 9.70. The Morgan fingerprint density at radius 3 is 2.55 bits per heavy atom. The van der Waals surface area contributed by atoms with Crippen molar-refractivity contribution in [2.75, 3.05) is 5.32 Å². The smallest absolute Gasteiger partial charge is 0.256 e. The maximum Gasteiger partial charge on any atom is 0.256 e. The van der Waals surface area contributed by atoms with Gasteiger partial charge in [-0.05, 0) is 48.0 Å². The molecule has 0 saturated heterocycles. The summed E-state index contributed by atoms with van der Waals surface area (Å²) in [5, 5.41) is 3.29. The van der Waals surface area contributed by atoms with Crippen molar-refractivity contribution >= 4 is 45.9 Å². The molecule has 0 aliphatic carbocycles. The minimum absolute atomic E-state index is 0.139. The molecule has 1 N–H and O–H groups in total. The van der Waals surface area contributed by atoms with E-state index in [-0.39, 0.29) is 30.6 Å². The van der Waals surface area contributed by atoms with Gasteiger partial charge in [-0.1, -0.05) is 41.9 Å². The van der Waals surface area contributed by atoms with Gasteiger partial charge in [-0.25, -0.2) is 0 Å². The first-order chi connectivity index (χ1) is 19.4. The summed E-state index contributed by atoms with van der Waals surface area (Å²) in [4.78, 5) is 50.9. The molecule has 0 spiro atoms. The number of hydrogen-bond acceptors (Lipinski definition) is 5. The van der Waals surface area contributed by atoms with E-state index in [0.717, 1.165) is 11.1 Å². The molecule has 0 bridgehead atoms. The molecular weight excluding hydrogens is 526 g/mol. The molecular formula is C31H24ClN5O3. The average Bonchev–Trinajstić information content (AvgIpc) is 3.27. The van der Waals surface area contributed by atoms with Gasteiger partial charge in [-0.3, -0.25) is 24.4 Å². The van der Waals surface area contributed by atoms with E-state index in [0.29, 0.717) is 38.6 Å². The molecule has 1 aliphatic heterocycles. The molecule has 2 amide bonds. The molecule has 1 atom stereocenters. The lowest BCUT2D eigenvalue weighted by Crippen LogP contribution is -2.46. The molecule has 40 heavy (non-hydrogen) atoms. The normalized spacial score (nSPS) is 15.1. The molecule has 0 fully saturated rings. The number of carbonyl (C=O) groups excluding carboxylic acids is 3. The second kappa shape index (κ2) is 10.4. The van der Waals surface area contributed by atoms with Crippen molar-refractivity contribution < 1.29 is 14.4 Å². The number of fused-ring (bicyclic) bond motifs is 2. The van der Waals surface area contributed by atoms with E-state index >= 15 is 0 Å². The summed E-state index contributed by atoms with van der Waals surface area (Å²) < 4.78 is 1.88. The first-order valence-corrected chi connectivity index (χ1v) is 13.1. The van der Waals surface area contributed by atoms with Gasteiger partial charge in [0.2, 0.25) is 5.91 Å². The van der Waals surface area contributed by atoms with E-state index in [1.807, 2.05) is 48.0 Å². The van der Waals surface area contributed by atoms with Crippen LogP contribution in [-0.4, -0.2) is 43.1 Å². The lowest BCUT2D eigenvalue weighted by atomic mass is 10.0. The average molecular weight is 550 g/mol. The zero-order valence-electron chi connectivity index (χ0n) is 21.5. The predicted molar refractivity (Wildman–Crippen MR) is 152 cm³/mol. The number of hydrogen-bond donors (Lipinski definition) is 1. The highest BCUT2D eigenvalue weighted by Gasteiger charge is 2.36.